The van der Waals surface area contributed by atoms with E-state index in [4.69, 9.17) is 15.9 Å². The number of halogens is 1. The first kappa shape index (κ1) is 11.8. The van der Waals surface area contributed by atoms with E-state index < -0.39 is 0 Å². The highest BCUT2D eigenvalue weighted by atomic mass is 35.5. The molecule has 0 aliphatic rings. The van der Waals surface area contributed by atoms with Gasteiger partial charge < -0.3 is 10.5 Å². The van der Waals surface area contributed by atoms with Crippen molar-refractivity contribution in [3.63, 3.8) is 0 Å². The molecule has 3 nitrogen and oxygen atoms in total. The van der Waals surface area contributed by atoms with Crippen LogP contribution in [-0.4, -0.2) is 12.9 Å². The molecular weight excluding hydrogens is 188 g/mol. The van der Waals surface area contributed by atoms with Crippen LogP contribution < -0.4 is 10.5 Å². The Balaban J connectivity index is 0.00000144. The Hall–Kier alpha value is -1.22. The maximum atomic E-state index is 7.13. The van der Waals surface area contributed by atoms with Gasteiger partial charge >= 0.3 is 0 Å². The van der Waals surface area contributed by atoms with Gasteiger partial charge in [0.25, 0.3) is 0 Å². The molecule has 0 aromatic heterocycles. The van der Waals surface area contributed by atoms with Crippen LogP contribution in [0, 0.1) is 5.41 Å². The normalized spacial score (nSPS) is 8.69. The highest BCUT2D eigenvalue weighted by molar-refractivity contribution is 5.85. The quantitative estimate of drug-likeness (QED) is 0.575. The zero-order valence-corrected chi connectivity index (χ0v) is 8.23. The predicted octanol–water partition coefficient (Wildman–Crippen LogP) is 1.60. The molecule has 0 atom stereocenters. The summed E-state index contributed by atoms with van der Waals surface area (Å²) >= 11 is 0. The molecule has 1 aromatic rings. The van der Waals surface area contributed by atoms with Crippen molar-refractivity contribution in [1.82, 2.24) is 0 Å². The summed E-state index contributed by atoms with van der Waals surface area (Å²) < 4.78 is 5.09. The fourth-order valence-electron chi connectivity index (χ4n) is 1.05. The van der Waals surface area contributed by atoms with Gasteiger partial charge in [0.05, 0.1) is 12.9 Å². The Morgan fingerprint density at radius 2 is 2.08 bits per heavy atom. The average Bonchev–Trinajstić information content (AvgIpc) is 2.04. The van der Waals surface area contributed by atoms with Crippen molar-refractivity contribution in [2.45, 2.75) is 6.42 Å². The van der Waals surface area contributed by atoms with Crippen molar-refractivity contribution in [2.24, 2.45) is 5.73 Å². The summed E-state index contributed by atoms with van der Waals surface area (Å²) in [5.74, 6) is 0.937. The van der Waals surface area contributed by atoms with Gasteiger partial charge in [-0.05, 0) is 6.07 Å². The van der Waals surface area contributed by atoms with Gasteiger partial charge in [-0.2, -0.15) is 0 Å². The van der Waals surface area contributed by atoms with E-state index in [0.29, 0.717) is 6.42 Å². The summed E-state index contributed by atoms with van der Waals surface area (Å²) in [6.45, 7) is 0. The van der Waals surface area contributed by atoms with Gasteiger partial charge in [0.2, 0.25) is 0 Å². The smallest absolute Gasteiger partial charge is 0.122 e. The third-order valence-electron chi connectivity index (χ3n) is 1.57. The number of amidine groups is 1. The molecule has 0 heterocycles. The maximum absolute atomic E-state index is 7.13. The van der Waals surface area contributed by atoms with Crippen LogP contribution in [0.25, 0.3) is 0 Å². The first-order chi connectivity index (χ1) is 5.74. The molecule has 0 amide bonds. The summed E-state index contributed by atoms with van der Waals surface area (Å²) in [6.07, 6.45) is 0.448. The fraction of sp³-hybridized carbons (Fsp3) is 0.222. The molecule has 0 radical (unpaired) electrons. The number of methoxy groups -OCH3 is 1. The second kappa shape index (κ2) is 5.43. The highest BCUT2D eigenvalue weighted by Crippen LogP contribution is 2.17. The molecule has 0 bridgehead atoms. The van der Waals surface area contributed by atoms with E-state index in [1.165, 1.54) is 0 Å². The lowest BCUT2D eigenvalue weighted by molar-refractivity contribution is 0.411. The van der Waals surface area contributed by atoms with Gasteiger partial charge in [0, 0.05) is 12.0 Å². The topological polar surface area (TPSA) is 59.1 Å². The molecule has 72 valence electrons. The van der Waals surface area contributed by atoms with Gasteiger partial charge in [0.1, 0.15) is 5.75 Å². The summed E-state index contributed by atoms with van der Waals surface area (Å²) in [7, 11) is 1.61. The van der Waals surface area contributed by atoms with E-state index in [1.807, 2.05) is 24.3 Å². The number of hydrogen-bond donors (Lipinski definition) is 2. The summed E-state index contributed by atoms with van der Waals surface area (Å²) in [5, 5.41) is 7.13. The van der Waals surface area contributed by atoms with Gasteiger partial charge in [-0.1, -0.05) is 18.2 Å². The van der Waals surface area contributed by atoms with Gasteiger partial charge in [0.15, 0.2) is 0 Å². The van der Waals surface area contributed by atoms with E-state index in [1.54, 1.807) is 7.11 Å². The lowest BCUT2D eigenvalue weighted by atomic mass is 10.1. The molecular formula is C9H13ClN2O. The number of benzene rings is 1. The monoisotopic (exact) mass is 200 g/mol. The van der Waals surface area contributed by atoms with E-state index in [9.17, 15) is 0 Å². The third-order valence-corrected chi connectivity index (χ3v) is 1.57. The predicted molar refractivity (Wildman–Crippen MR) is 55.9 cm³/mol. The van der Waals surface area contributed by atoms with Crippen LogP contribution in [0.4, 0.5) is 0 Å². The summed E-state index contributed by atoms with van der Waals surface area (Å²) in [6, 6.07) is 7.56. The van der Waals surface area contributed by atoms with Crippen molar-refractivity contribution < 1.29 is 4.74 Å². The lowest BCUT2D eigenvalue weighted by Gasteiger charge is -2.05. The van der Waals surface area contributed by atoms with Crippen LogP contribution in [0.5, 0.6) is 5.75 Å². The number of rotatable bonds is 3. The van der Waals surface area contributed by atoms with Gasteiger partial charge in [-0.25, -0.2) is 0 Å². The standard InChI is InChI=1S/C9H12N2O.ClH/c1-12-8-5-3-2-4-7(8)6-9(10)11;/h2-5H,6H2,1H3,(H3,10,11);1H. The van der Waals surface area contributed by atoms with Crippen LogP contribution in [0.2, 0.25) is 0 Å². The zero-order chi connectivity index (χ0) is 8.97. The van der Waals surface area contributed by atoms with Crippen molar-refractivity contribution in [1.29, 1.82) is 5.41 Å². The third kappa shape index (κ3) is 3.34. The van der Waals surface area contributed by atoms with Gasteiger partial charge in [-0.3, -0.25) is 5.41 Å². The second-order valence-electron chi connectivity index (χ2n) is 2.51. The van der Waals surface area contributed by atoms with E-state index >= 15 is 0 Å². The molecule has 0 aliphatic carbocycles. The van der Waals surface area contributed by atoms with Crippen LogP contribution in [0.3, 0.4) is 0 Å². The minimum atomic E-state index is 0. The van der Waals surface area contributed by atoms with Crippen LogP contribution in [-0.2, 0) is 6.42 Å². The molecule has 3 N–H and O–H groups in total. The number of hydrogen-bond acceptors (Lipinski definition) is 2. The molecule has 1 aromatic carbocycles. The van der Waals surface area contributed by atoms with Crippen LogP contribution >= 0.6 is 12.4 Å². The van der Waals surface area contributed by atoms with Crippen molar-refractivity contribution in [3.8, 4) is 5.75 Å². The van der Waals surface area contributed by atoms with E-state index in [2.05, 4.69) is 0 Å². The number of nitrogens with two attached hydrogens (primary N) is 1. The molecule has 13 heavy (non-hydrogen) atoms. The molecule has 0 saturated heterocycles. The second-order valence-corrected chi connectivity index (χ2v) is 2.51. The zero-order valence-electron chi connectivity index (χ0n) is 7.41. The van der Waals surface area contributed by atoms with Gasteiger partial charge in [-0.15, -0.1) is 12.4 Å². The lowest BCUT2D eigenvalue weighted by Crippen LogP contribution is -2.13. The van der Waals surface area contributed by atoms with Crippen LogP contribution in [0.15, 0.2) is 24.3 Å². The van der Waals surface area contributed by atoms with E-state index in [-0.39, 0.29) is 18.2 Å². The van der Waals surface area contributed by atoms with E-state index in [0.717, 1.165) is 11.3 Å². The Bertz CT molecular complexity index is 289. The molecule has 0 spiro atoms. The Kier molecular flexibility index (Phi) is 4.92. The number of para-hydroxylation sites is 1. The first-order valence-corrected chi connectivity index (χ1v) is 3.69. The Morgan fingerprint density at radius 1 is 1.46 bits per heavy atom. The number of nitrogens with one attached hydrogen (secondary N) is 1. The minimum Gasteiger partial charge on any atom is -0.496 e. The highest BCUT2D eigenvalue weighted by Gasteiger charge is 2.01. The first-order valence-electron chi connectivity index (χ1n) is 3.69. The molecule has 4 heteroatoms. The van der Waals surface area contributed by atoms with Crippen molar-refractivity contribution in [2.75, 3.05) is 7.11 Å². The SMILES string of the molecule is COc1ccccc1CC(=N)N.Cl. The van der Waals surface area contributed by atoms with Crippen LogP contribution in [0.1, 0.15) is 5.56 Å². The fourth-order valence-corrected chi connectivity index (χ4v) is 1.05. The minimum absolute atomic E-state index is 0. The number of ether oxygens (including phenoxy) is 1. The average molecular weight is 201 g/mol. The largest absolute Gasteiger partial charge is 0.496 e. The molecule has 0 saturated carbocycles. The Morgan fingerprint density at radius 3 is 2.62 bits per heavy atom. The Labute approximate surface area is 83.8 Å². The molecule has 1 rings (SSSR count). The molecule has 0 fully saturated rings. The van der Waals surface area contributed by atoms with Crippen molar-refractivity contribution in [3.05, 3.63) is 29.8 Å². The summed E-state index contributed by atoms with van der Waals surface area (Å²) in [5.41, 5.74) is 6.23. The molecule has 0 aliphatic heterocycles. The van der Waals surface area contributed by atoms with Crippen molar-refractivity contribution >= 4 is 18.2 Å². The maximum Gasteiger partial charge on any atom is 0.122 e. The summed E-state index contributed by atoms with van der Waals surface area (Å²) in [4.78, 5) is 0. The molecule has 0 unspecified atom stereocenters.